The molecular formula is C17H16N4O3. The molecule has 0 aliphatic heterocycles. The molecule has 3 rings (SSSR count). The molecule has 7 heteroatoms. The predicted molar refractivity (Wildman–Crippen MR) is 89.3 cm³/mol. The van der Waals surface area contributed by atoms with E-state index in [9.17, 15) is 4.79 Å². The van der Waals surface area contributed by atoms with Gasteiger partial charge < -0.3 is 14.8 Å². The number of amides is 1. The number of aromatic amines is 1. The third-order valence-electron chi connectivity index (χ3n) is 3.47. The quantitative estimate of drug-likeness (QED) is 0.753. The lowest BCUT2D eigenvalue weighted by atomic mass is 10.1. The summed E-state index contributed by atoms with van der Waals surface area (Å²) in [5.74, 6) is 0.949. The van der Waals surface area contributed by atoms with E-state index in [2.05, 4.69) is 20.5 Å². The molecule has 2 N–H and O–H groups in total. The Labute approximate surface area is 138 Å². The molecule has 0 radical (unpaired) electrons. The first-order valence-electron chi connectivity index (χ1n) is 7.20. The van der Waals surface area contributed by atoms with Crippen LogP contribution in [-0.2, 0) is 0 Å². The Morgan fingerprint density at radius 2 is 1.83 bits per heavy atom. The van der Waals surface area contributed by atoms with Gasteiger partial charge >= 0.3 is 0 Å². The van der Waals surface area contributed by atoms with Crippen molar-refractivity contribution < 1.29 is 14.3 Å². The summed E-state index contributed by atoms with van der Waals surface area (Å²) in [5.41, 5.74) is 2.49. The summed E-state index contributed by atoms with van der Waals surface area (Å²) in [7, 11) is 3.14. The number of nitrogens with one attached hydrogen (secondary N) is 2. The van der Waals surface area contributed by atoms with Gasteiger partial charge in [0.25, 0.3) is 5.91 Å². The van der Waals surface area contributed by atoms with E-state index in [0.717, 1.165) is 11.3 Å². The highest BCUT2D eigenvalue weighted by Gasteiger charge is 2.15. The summed E-state index contributed by atoms with van der Waals surface area (Å²) in [4.78, 5) is 16.5. The average molecular weight is 324 g/mol. The zero-order valence-corrected chi connectivity index (χ0v) is 13.2. The lowest BCUT2D eigenvalue weighted by Crippen LogP contribution is -2.12. The highest BCUT2D eigenvalue weighted by molar-refractivity contribution is 6.07. The largest absolute Gasteiger partial charge is 0.497 e. The van der Waals surface area contributed by atoms with E-state index in [1.54, 1.807) is 19.2 Å². The molecule has 1 aromatic carbocycles. The normalized spacial score (nSPS) is 10.2. The van der Waals surface area contributed by atoms with Gasteiger partial charge in [0, 0.05) is 11.6 Å². The molecule has 0 atom stereocenters. The average Bonchev–Trinajstić information content (AvgIpc) is 3.12. The van der Waals surface area contributed by atoms with Gasteiger partial charge in [-0.3, -0.25) is 9.89 Å². The van der Waals surface area contributed by atoms with Crippen molar-refractivity contribution in [2.75, 3.05) is 19.5 Å². The van der Waals surface area contributed by atoms with Gasteiger partial charge in [-0.2, -0.15) is 5.10 Å². The standard InChI is InChI=1S/C17H16N4O3/c1-23-13-6-3-11(4-7-13)16-14(10-19-21-16)17(22)20-12-5-8-15(24-2)18-9-12/h3-10H,1-2H3,(H,19,21)(H,20,22). The van der Waals surface area contributed by atoms with E-state index in [0.29, 0.717) is 22.8 Å². The minimum Gasteiger partial charge on any atom is -0.497 e. The Hall–Kier alpha value is -3.35. The van der Waals surface area contributed by atoms with Crippen molar-refractivity contribution in [1.29, 1.82) is 0 Å². The number of aromatic nitrogens is 3. The van der Waals surface area contributed by atoms with Crippen LogP contribution in [0.5, 0.6) is 11.6 Å². The van der Waals surface area contributed by atoms with Gasteiger partial charge in [-0.25, -0.2) is 4.98 Å². The smallest absolute Gasteiger partial charge is 0.259 e. The molecule has 2 aromatic heterocycles. The Morgan fingerprint density at radius 1 is 1.04 bits per heavy atom. The first-order chi connectivity index (χ1) is 11.7. The monoisotopic (exact) mass is 324 g/mol. The summed E-state index contributed by atoms with van der Waals surface area (Å²) >= 11 is 0. The summed E-state index contributed by atoms with van der Waals surface area (Å²) in [6, 6.07) is 10.8. The SMILES string of the molecule is COc1ccc(-c2[nH]ncc2C(=O)Nc2ccc(OC)nc2)cc1. The number of hydrogen-bond donors (Lipinski definition) is 2. The molecule has 0 spiro atoms. The Balaban J connectivity index is 1.81. The van der Waals surface area contributed by atoms with Gasteiger partial charge in [0.2, 0.25) is 5.88 Å². The molecule has 2 heterocycles. The molecule has 122 valence electrons. The molecule has 1 amide bonds. The molecule has 0 saturated heterocycles. The fourth-order valence-electron chi connectivity index (χ4n) is 2.21. The van der Waals surface area contributed by atoms with E-state index < -0.39 is 0 Å². The number of ether oxygens (including phenoxy) is 2. The van der Waals surface area contributed by atoms with Gasteiger partial charge in [0.1, 0.15) is 5.75 Å². The Bertz CT molecular complexity index is 826. The number of pyridine rings is 1. The molecule has 0 aliphatic carbocycles. The van der Waals surface area contributed by atoms with Crippen LogP contribution < -0.4 is 14.8 Å². The van der Waals surface area contributed by atoms with Crippen molar-refractivity contribution >= 4 is 11.6 Å². The predicted octanol–water partition coefficient (Wildman–Crippen LogP) is 2.74. The Kier molecular flexibility index (Phi) is 4.42. The number of carbonyl (C=O) groups is 1. The minimum atomic E-state index is -0.276. The highest BCUT2D eigenvalue weighted by atomic mass is 16.5. The van der Waals surface area contributed by atoms with Crippen molar-refractivity contribution in [3.05, 3.63) is 54.4 Å². The number of methoxy groups -OCH3 is 2. The molecule has 0 saturated carbocycles. The zero-order valence-electron chi connectivity index (χ0n) is 13.2. The molecule has 24 heavy (non-hydrogen) atoms. The van der Waals surface area contributed by atoms with Gasteiger partial charge in [0.15, 0.2) is 0 Å². The number of hydrogen-bond acceptors (Lipinski definition) is 5. The molecule has 0 fully saturated rings. The maximum absolute atomic E-state index is 12.5. The van der Waals surface area contributed by atoms with Crippen molar-refractivity contribution in [2.45, 2.75) is 0 Å². The van der Waals surface area contributed by atoms with Crippen LogP contribution in [-0.4, -0.2) is 35.3 Å². The maximum Gasteiger partial charge on any atom is 0.259 e. The van der Waals surface area contributed by atoms with Crippen LogP contribution in [0.3, 0.4) is 0 Å². The van der Waals surface area contributed by atoms with Crippen molar-refractivity contribution in [3.63, 3.8) is 0 Å². The second-order valence-electron chi connectivity index (χ2n) is 4.93. The highest BCUT2D eigenvalue weighted by Crippen LogP contribution is 2.24. The van der Waals surface area contributed by atoms with Crippen molar-refractivity contribution in [1.82, 2.24) is 15.2 Å². The van der Waals surface area contributed by atoms with Crippen LogP contribution in [0.1, 0.15) is 10.4 Å². The summed E-state index contributed by atoms with van der Waals surface area (Å²) in [6.45, 7) is 0. The first-order valence-corrected chi connectivity index (χ1v) is 7.20. The van der Waals surface area contributed by atoms with Gasteiger partial charge in [0.05, 0.1) is 43.6 Å². The molecule has 3 aromatic rings. The Morgan fingerprint density at radius 3 is 2.46 bits per heavy atom. The second-order valence-corrected chi connectivity index (χ2v) is 4.93. The second kappa shape index (κ2) is 6.82. The van der Waals surface area contributed by atoms with E-state index in [4.69, 9.17) is 9.47 Å². The lowest BCUT2D eigenvalue weighted by molar-refractivity contribution is 0.102. The third-order valence-corrected chi connectivity index (χ3v) is 3.47. The third kappa shape index (κ3) is 3.19. The van der Waals surface area contributed by atoms with Crippen LogP contribution in [0.4, 0.5) is 5.69 Å². The van der Waals surface area contributed by atoms with Gasteiger partial charge in [-0.15, -0.1) is 0 Å². The van der Waals surface area contributed by atoms with Crippen molar-refractivity contribution in [2.24, 2.45) is 0 Å². The minimum absolute atomic E-state index is 0.276. The van der Waals surface area contributed by atoms with Crippen LogP contribution in [0.15, 0.2) is 48.8 Å². The molecule has 0 bridgehead atoms. The number of nitrogens with zero attached hydrogens (tertiary/aromatic N) is 2. The number of H-pyrrole nitrogens is 1. The number of carbonyl (C=O) groups excluding carboxylic acids is 1. The van der Waals surface area contributed by atoms with E-state index in [1.807, 2.05) is 24.3 Å². The summed E-state index contributed by atoms with van der Waals surface area (Å²) in [5, 5.41) is 9.62. The maximum atomic E-state index is 12.5. The number of anilines is 1. The van der Waals surface area contributed by atoms with Crippen molar-refractivity contribution in [3.8, 4) is 22.9 Å². The zero-order chi connectivity index (χ0) is 16.9. The van der Waals surface area contributed by atoms with E-state index in [-0.39, 0.29) is 5.91 Å². The first kappa shape index (κ1) is 15.5. The van der Waals surface area contributed by atoms with Crippen LogP contribution in [0, 0.1) is 0 Å². The topological polar surface area (TPSA) is 89.1 Å². The molecule has 0 aliphatic rings. The number of benzene rings is 1. The molecular weight excluding hydrogens is 308 g/mol. The summed E-state index contributed by atoms with van der Waals surface area (Å²) in [6.07, 6.45) is 3.02. The van der Waals surface area contributed by atoms with E-state index in [1.165, 1.54) is 19.5 Å². The number of rotatable bonds is 5. The van der Waals surface area contributed by atoms with E-state index >= 15 is 0 Å². The fraction of sp³-hybridized carbons (Fsp3) is 0.118. The molecule has 0 unspecified atom stereocenters. The lowest BCUT2D eigenvalue weighted by Gasteiger charge is -2.07. The van der Waals surface area contributed by atoms with Crippen LogP contribution in [0.25, 0.3) is 11.3 Å². The summed E-state index contributed by atoms with van der Waals surface area (Å²) < 4.78 is 10.1. The fourth-order valence-corrected chi connectivity index (χ4v) is 2.21. The van der Waals surface area contributed by atoms with Gasteiger partial charge in [-0.1, -0.05) is 0 Å². The molecule has 7 nitrogen and oxygen atoms in total. The van der Waals surface area contributed by atoms with Crippen LogP contribution >= 0.6 is 0 Å². The van der Waals surface area contributed by atoms with Crippen LogP contribution in [0.2, 0.25) is 0 Å². The van der Waals surface area contributed by atoms with Gasteiger partial charge in [-0.05, 0) is 30.3 Å².